The number of aliphatic hydroxyl groups is 1. The fourth-order valence-corrected chi connectivity index (χ4v) is 1.23. The fraction of sp³-hybridized carbons (Fsp3) is 0.364. The number of nitrogens with two attached hydrogens (primary N) is 1. The lowest BCUT2D eigenvalue weighted by molar-refractivity contribution is 0.0941. The minimum Gasteiger partial charge on any atom is -0.396 e. The highest BCUT2D eigenvalue weighted by atomic mass is 19.1. The molecule has 17 heavy (non-hydrogen) atoms. The van der Waals surface area contributed by atoms with Crippen molar-refractivity contribution >= 4 is 11.6 Å². The van der Waals surface area contributed by atoms with Crippen molar-refractivity contribution in [3.05, 3.63) is 29.3 Å². The van der Waals surface area contributed by atoms with Gasteiger partial charge in [-0.2, -0.15) is 0 Å². The van der Waals surface area contributed by atoms with E-state index < -0.39 is 23.6 Å². The molecule has 1 rings (SSSR count). The highest BCUT2D eigenvalue weighted by Gasteiger charge is 2.14. The van der Waals surface area contributed by atoms with Crippen LogP contribution >= 0.6 is 0 Å². The van der Waals surface area contributed by atoms with Crippen molar-refractivity contribution in [2.75, 3.05) is 12.3 Å². The summed E-state index contributed by atoms with van der Waals surface area (Å²) in [7, 11) is 0. The summed E-state index contributed by atoms with van der Waals surface area (Å²) in [5.41, 5.74) is 4.65. The highest BCUT2D eigenvalue weighted by molar-refractivity contribution is 5.95. The smallest absolute Gasteiger partial charge is 0.254 e. The second-order valence-corrected chi connectivity index (χ2v) is 3.75. The van der Waals surface area contributed by atoms with Crippen LogP contribution in [0.15, 0.2) is 12.1 Å². The maximum atomic E-state index is 13.3. The van der Waals surface area contributed by atoms with Crippen LogP contribution in [0.4, 0.5) is 14.5 Å². The predicted octanol–water partition coefficient (Wildman–Crippen LogP) is 1.05. The molecule has 6 heteroatoms. The van der Waals surface area contributed by atoms with Crippen LogP contribution in [-0.4, -0.2) is 23.7 Å². The van der Waals surface area contributed by atoms with E-state index in [9.17, 15) is 13.6 Å². The first-order valence-electron chi connectivity index (χ1n) is 5.12. The van der Waals surface area contributed by atoms with E-state index in [0.717, 1.165) is 6.07 Å². The zero-order valence-corrected chi connectivity index (χ0v) is 9.34. The van der Waals surface area contributed by atoms with Crippen LogP contribution in [0.5, 0.6) is 0 Å². The average molecular weight is 244 g/mol. The molecule has 0 aliphatic carbocycles. The number of aliphatic hydroxyl groups excluding tert-OH is 1. The Morgan fingerprint density at radius 1 is 1.47 bits per heavy atom. The first-order valence-corrected chi connectivity index (χ1v) is 5.12. The van der Waals surface area contributed by atoms with E-state index in [4.69, 9.17) is 10.8 Å². The van der Waals surface area contributed by atoms with Crippen molar-refractivity contribution in [1.29, 1.82) is 0 Å². The molecule has 0 radical (unpaired) electrons. The molecule has 1 aromatic carbocycles. The van der Waals surface area contributed by atoms with Gasteiger partial charge in [0.15, 0.2) is 0 Å². The summed E-state index contributed by atoms with van der Waals surface area (Å²) >= 11 is 0. The van der Waals surface area contributed by atoms with Gasteiger partial charge in [-0.1, -0.05) is 0 Å². The molecule has 1 aromatic rings. The van der Waals surface area contributed by atoms with Crippen molar-refractivity contribution in [3.8, 4) is 0 Å². The monoisotopic (exact) mass is 244 g/mol. The average Bonchev–Trinajstić information content (AvgIpc) is 2.22. The van der Waals surface area contributed by atoms with Gasteiger partial charge in [-0.15, -0.1) is 0 Å². The molecule has 0 aromatic heterocycles. The zero-order valence-electron chi connectivity index (χ0n) is 9.34. The van der Waals surface area contributed by atoms with Gasteiger partial charge in [0.1, 0.15) is 11.6 Å². The van der Waals surface area contributed by atoms with E-state index in [2.05, 4.69) is 5.32 Å². The van der Waals surface area contributed by atoms with Crippen molar-refractivity contribution in [2.45, 2.75) is 19.4 Å². The molecular weight excluding hydrogens is 230 g/mol. The third-order valence-electron chi connectivity index (χ3n) is 2.18. The second kappa shape index (κ2) is 5.58. The maximum absolute atomic E-state index is 13.3. The van der Waals surface area contributed by atoms with Gasteiger partial charge >= 0.3 is 0 Å². The summed E-state index contributed by atoms with van der Waals surface area (Å²) in [5, 5.41) is 11.4. The standard InChI is InChI=1S/C11H14F2N2O2/c1-6(16)2-3-15-11(17)7-4-10(14)9(13)5-8(7)12/h4-6,16H,2-3,14H2,1H3,(H,15,17). The molecule has 0 saturated heterocycles. The lowest BCUT2D eigenvalue weighted by atomic mass is 10.1. The van der Waals surface area contributed by atoms with Gasteiger partial charge < -0.3 is 16.2 Å². The van der Waals surface area contributed by atoms with Crippen molar-refractivity contribution in [2.24, 2.45) is 0 Å². The number of carbonyl (C=O) groups is 1. The van der Waals surface area contributed by atoms with E-state index >= 15 is 0 Å². The van der Waals surface area contributed by atoms with E-state index in [-0.39, 0.29) is 17.8 Å². The van der Waals surface area contributed by atoms with Crippen LogP contribution in [-0.2, 0) is 0 Å². The Bertz CT molecular complexity index is 422. The minimum atomic E-state index is -0.966. The number of hydrogen-bond donors (Lipinski definition) is 3. The molecule has 0 heterocycles. The zero-order chi connectivity index (χ0) is 13.0. The lowest BCUT2D eigenvalue weighted by Crippen LogP contribution is -2.27. The quantitative estimate of drug-likeness (QED) is 0.693. The molecule has 0 bridgehead atoms. The van der Waals surface area contributed by atoms with Gasteiger partial charge in [0, 0.05) is 12.6 Å². The topological polar surface area (TPSA) is 75.3 Å². The van der Waals surface area contributed by atoms with Gasteiger partial charge in [-0.3, -0.25) is 4.79 Å². The molecule has 0 spiro atoms. The summed E-state index contributed by atoms with van der Waals surface area (Å²) in [6.45, 7) is 1.77. The Hall–Kier alpha value is -1.69. The van der Waals surface area contributed by atoms with Crippen molar-refractivity contribution in [1.82, 2.24) is 5.32 Å². The van der Waals surface area contributed by atoms with Gasteiger partial charge in [-0.25, -0.2) is 8.78 Å². The van der Waals surface area contributed by atoms with E-state index in [1.807, 2.05) is 0 Å². The molecule has 0 fully saturated rings. The van der Waals surface area contributed by atoms with E-state index in [1.165, 1.54) is 0 Å². The van der Waals surface area contributed by atoms with Gasteiger partial charge in [-0.05, 0) is 19.4 Å². The summed E-state index contributed by atoms with van der Waals surface area (Å²) in [6.07, 6.45) is -0.206. The van der Waals surface area contributed by atoms with Crippen LogP contribution < -0.4 is 11.1 Å². The Morgan fingerprint density at radius 3 is 2.71 bits per heavy atom. The first-order chi connectivity index (χ1) is 7.91. The summed E-state index contributed by atoms with van der Waals surface area (Å²) < 4.78 is 26.1. The number of nitrogens with one attached hydrogen (secondary N) is 1. The molecular formula is C11H14F2N2O2. The van der Waals surface area contributed by atoms with Crippen LogP contribution in [0.2, 0.25) is 0 Å². The number of hydrogen-bond acceptors (Lipinski definition) is 3. The predicted molar refractivity (Wildman–Crippen MR) is 59.4 cm³/mol. The molecule has 0 saturated carbocycles. The normalized spacial score (nSPS) is 12.2. The van der Waals surface area contributed by atoms with Gasteiger partial charge in [0.05, 0.1) is 17.4 Å². The Kier molecular flexibility index (Phi) is 4.39. The van der Waals surface area contributed by atoms with Crippen LogP contribution in [0, 0.1) is 11.6 Å². The van der Waals surface area contributed by atoms with Gasteiger partial charge in [0.25, 0.3) is 5.91 Å². The van der Waals surface area contributed by atoms with Crippen molar-refractivity contribution < 1.29 is 18.7 Å². The summed E-state index contributed by atoms with van der Waals surface area (Å²) in [4.78, 5) is 11.5. The highest BCUT2D eigenvalue weighted by Crippen LogP contribution is 2.16. The molecule has 4 nitrogen and oxygen atoms in total. The molecule has 1 atom stereocenters. The third-order valence-corrected chi connectivity index (χ3v) is 2.18. The van der Waals surface area contributed by atoms with Crippen molar-refractivity contribution in [3.63, 3.8) is 0 Å². The number of halogens is 2. The largest absolute Gasteiger partial charge is 0.396 e. The third kappa shape index (κ3) is 3.67. The molecule has 4 N–H and O–H groups in total. The van der Waals surface area contributed by atoms with E-state index in [0.29, 0.717) is 12.5 Å². The number of nitrogen functional groups attached to an aromatic ring is 1. The molecule has 0 aliphatic rings. The fourth-order valence-electron chi connectivity index (χ4n) is 1.23. The van der Waals surface area contributed by atoms with Gasteiger partial charge in [0.2, 0.25) is 0 Å². The van der Waals surface area contributed by atoms with Crippen LogP contribution in [0.1, 0.15) is 23.7 Å². The van der Waals surface area contributed by atoms with Crippen LogP contribution in [0.25, 0.3) is 0 Å². The SMILES string of the molecule is CC(O)CCNC(=O)c1cc(N)c(F)cc1F. The second-order valence-electron chi connectivity index (χ2n) is 3.75. The number of amides is 1. The number of carbonyl (C=O) groups excluding carboxylic acids is 1. The first kappa shape index (κ1) is 13.4. The van der Waals surface area contributed by atoms with E-state index in [1.54, 1.807) is 6.92 Å². The number of rotatable bonds is 4. The minimum absolute atomic E-state index is 0.202. The molecule has 1 amide bonds. The molecule has 94 valence electrons. The molecule has 0 aliphatic heterocycles. The number of anilines is 1. The maximum Gasteiger partial charge on any atom is 0.254 e. The Labute approximate surface area is 97.4 Å². The van der Waals surface area contributed by atoms with Crippen LogP contribution in [0.3, 0.4) is 0 Å². The Balaban J connectivity index is 2.72. The Morgan fingerprint density at radius 2 is 2.12 bits per heavy atom. The summed E-state index contributed by atoms with van der Waals surface area (Å²) in [5.74, 6) is -2.55. The summed E-state index contributed by atoms with van der Waals surface area (Å²) in [6, 6.07) is 1.52. The number of benzene rings is 1. The lowest BCUT2D eigenvalue weighted by Gasteiger charge is -2.08. The molecule has 1 unspecified atom stereocenters.